The van der Waals surface area contributed by atoms with E-state index in [0.29, 0.717) is 16.4 Å². The fourth-order valence-electron chi connectivity index (χ4n) is 2.47. The average molecular weight is 285 g/mol. The van der Waals surface area contributed by atoms with Crippen LogP contribution in [0.5, 0.6) is 0 Å². The SMILES string of the molecule is CCC1SCCSC1c1noc(C2(N)CCC2)n1. The van der Waals surface area contributed by atoms with Gasteiger partial charge in [0.1, 0.15) is 0 Å². The van der Waals surface area contributed by atoms with E-state index in [1.165, 1.54) is 17.9 Å². The molecule has 2 heterocycles. The standard InChI is InChI=1S/C12H19N3OS2/c1-2-8-9(18-7-6-17-8)10-14-11(16-15-10)12(13)4-3-5-12/h8-9H,2-7,13H2,1H3. The summed E-state index contributed by atoms with van der Waals surface area (Å²) in [4.78, 5) is 4.59. The second-order valence-electron chi connectivity index (χ2n) is 5.08. The van der Waals surface area contributed by atoms with Gasteiger partial charge in [-0.1, -0.05) is 12.1 Å². The lowest BCUT2D eigenvalue weighted by molar-refractivity contribution is 0.181. The number of thioether (sulfide) groups is 2. The number of aromatic nitrogens is 2. The molecule has 2 N–H and O–H groups in total. The van der Waals surface area contributed by atoms with Crippen molar-refractivity contribution in [2.24, 2.45) is 5.73 Å². The molecule has 1 saturated carbocycles. The third-order valence-corrected chi connectivity index (χ3v) is 7.06. The predicted molar refractivity (Wildman–Crippen MR) is 75.8 cm³/mol. The van der Waals surface area contributed by atoms with Crippen LogP contribution in [-0.4, -0.2) is 26.9 Å². The van der Waals surface area contributed by atoms with Gasteiger partial charge in [0.05, 0.1) is 10.8 Å². The van der Waals surface area contributed by atoms with Crippen molar-refractivity contribution in [3.05, 3.63) is 11.7 Å². The van der Waals surface area contributed by atoms with Gasteiger partial charge in [0.15, 0.2) is 5.82 Å². The summed E-state index contributed by atoms with van der Waals surface area (Å²) in [6, 6.07) is 0. The molecular weight excluding hydrogens is 266 g/mol. The Morgan fingerprint density at radius 3 is 2.83 bits per heavy atom. The molecule has 1 aliphatic carbocycles. The molecule has 1 aliphatic heterocycles. The van der Waals surface area contributed by atoms with Crippen LogP contribution in [0.15, 0.2) is 4.52 Å². The van der Waals surface area contributed by atoms with Crippen LogP contribution in [0.3, 0.4) is 0 Å². The third-order valence-electron chi connectivity index (χ3n) is 3.82. The lowest BCUT2D eigenvalue weighted by Crippen LogP contribution is -2.43. The molecule has 2 aliphatic rings. The van der Waals surface area contributed by atoms with Crippen molar-refractivity contribution in [1.29, 1.82) is 0 Å². The molecule has 18 heavy (non-hydrogen) atoms. The molecule has 6 heteroatoms. The number of nitrogens with two attached hydrogens (primary N) is 1. The minimum atomic E-state index is -0.334. The molecule has 100 valence electrons. The Balaban J connectivity index is 1.79. The van der Waals surface area contributed by atoms with Crippen molar-refractivity contribution < 1.29 is 4.52 Å². The van der Waals surface area contributed by atoms with Gasteiger partial charge in [0.25, 0.3) is 0 Å². The van der Waals surface area contributed by atoms with E-state index in [1.807, 2.05) is 23.5 Å². The zero-order chi connectivity index (χ0) is 12.6. The van der Waals surface area contributed by atoms with E-state index in [-0.39, 0.29) is 5.54 Å². The van der Waals surface area contributed by atoms with E-state index >= 15 is 0 Å². The summed E-state index contributed by atoms with van der Waals surface area (Å²) in [5, 5.41) is 5.16. The first-order chi connectivity index (χ1) is 8.73. The molecule has 1 saturated heterocycles. The molecule has 0 spiro atoms. The molecule has 0 amide bonds. The first-order valence-corrected chi connectivity index (χ1v) is 8.69. The highest BCUT2D eigenvalue weighted by Gasteiger charge is 2.41. The smallest absolute Gasteiger partial charge is 0.246 e. The Bertz CT molecular complexity index is 419. The summed E-state index contributed by atoms with van der Waals surface area (Å²) in [7, 11) is 0. The van der Waals surface area contributed by atoms with E-state index in [0.717, 1.165) is 25.1 Å². The molecule has 2 atom stereocenters. The topological polar surface area (TPSA) is 64.9 Å². The summed E-state index contributed by atoms with van der Waals surface area (Å²) in [6.45, 7) is 2.23. The monoisotopic (exact) mass is 285 g/mol. The first kappa shape index (κ1) is 12.8. The predicted octanol–water partition coefficient (Wildman–Crippen LogP) is 2.71. The zero-order valence-corrected chi connectivity index (χ0v) is 12.2. The van der Waals surface area contributed by atoms with Crippen LogP contribution in [0.25, 0.3) is 0 Å². The highest BCUT2D eigenvalue weighted by molar-refractivity contribution is 8.06. The van der Waals surface area contributed by atoms with E-state index in [2.05, 4.69) is 17.1 Å². The Labute approximate surface area is 116 Å². The van der Waals surface area contributed by atoms with Gasteiger partial charge < -0.3 is 10.3 Å². The van der Waals surface area contributed by atoms with Crippen LogP contribution in [-0.2, 0) is 5.54 Å². The van der Waals surface area contributed by atoms with Gasteiger partial charge in [0, 0.05) is 16.8 Å². The van der Waals surface area contributed by atoms with E-state index < -0.39 is 0 Å². The van der Waals surface area contributed by atoms with Crippen LogP contribution in [0.4, 0.5) is 0 Å². The maximum atomic E-state index is 6.23. The van der Waals surface area contributed by atoms with Gasteiger partial charge in [-0.15, -0.1) is 11.8 Å². The van der Waals surface area contributed by atoms with Gasteiger partial charge in [-0.05, 0) is 25.7 Å². The maximum absolute atomic E-state index is 6.23. The lowest BCUT2D eigenvalue weighted by Gasteiger charge is -2.33. The Morgan fingerprint density at radius 1 is 1.39 bits per heavy atom. The Kier molecular flexibility index (Phi) is 3.60. The molecule has 1 aromatic rings. The van der Waals surface area contributed by atoms with E-state index in [1.54, 1.807) is 0 Å². The normalized spacial score (nSPS) is 31.0. The lowest BCUT2D eigenvalue weighted by atomic mass is 9.78. The molecule has 2 fully saturated rings. The van der Waals surface area contributed by atoms with Crippen LogP contribution >= 0.6 is 23.5 Å². The maximum Gasteiger partial charge on any atom is 0.246 e. The fraction of sp³-hybridized carbons (Fsp3) is 0.833. The van der Waals surface area contributed by atoms with Crippen molar-refractivity contribution in [3.63, 3.8) is 0 Å². The highest BCUT2D eigenvalue weighted by Crippen LogP contribution is 2.44. The zero-order valence-electron chi connectivity index (χ0n) is 10.6. The van der Waals surface area contributed by atoms with Gasteiger partial charge in [0.2, 0.25) is 5.89 Å². The van der Waals surface area contributed by atoms with Crippen molar-refractivity contribution >= 4 is 23.5 Å². The minimum absolute atomic E-state index is 0.334. The van der Waals surface area contributed by atoms with Crippen molar-refractivity contribution in [2.45, 2.75) is 48.6 Å². The van der Waals surface area contributed by atoms with E-state index in [9.17, 15) is 0 Å². The number of nitrogens with zero attached hydrogens (tertiary/aromatic N) is 2. The van der Waals surface area contributed by atoms with Gasteiger partial charge >= 0.3 is 0 Å². The van der Waals surface area contributed by atoms with Crippen LogP contribution in [0.2, 0.25) is 0 Å². The second-order valence-corrected chi connectivity index (χ2v) is 7.67. The molecule has 4 nitrogen and oxygen atoms in total. The third kappa shape index (κ3) is 2.18. The van der Waals surface area contributed by atoms with Crippen LogP contribution in [0.1, 0.15) is 49.6 Å². The van der Waals surface area contributed by atoms with Crippen molar-refractivity contribution in [2.75, 3.05) is 11.5 Å². The van der Waals surface area contributed by atoms with Crippen molar-refractivity contribution in [3.8, 4) is 0 Å². The van der Waals surface area contributed by atoms with Crippen molar-refractivity contribution in [1.82, 2.24) is 10.1 Å². The largest absolute Gasteiger partial charge is 0.337 e. The molecular formula is C12H19N3OS2. The highest BCUT2D eigenvalue weighted by atomic mass is 32.2. The number of hydrogen-bond acceptors (Lipinski definition) is 6. The van der Waals surface area contributed by atoms with E-state index in [4.69, 9.17) is 10.3 Å². The fourth-order valence-corrected chi connectivity index (χ4v) is 5.45. The second kappa shape index (κ2) is 5.06. The summed E-state index contributed by atoms with van der Waals surface area (Å²) in [6.07, 6.45) is 4.26. The summed E-state index contributed by atoms with van der Waals surface area (Å²) >= 11 is 3.98. The summed E-state index contributed by atoms with van der Waals surface area (Å²) in [5.74, 6) is 3.90. The summed E-state index contributed by atoms with van der Waals surface area (Å²) in [5.41, 5.74) is 5.89. The first-order valence-electron chi connectivity index (χ1n) is 6.59. The molecule has 0 aromatic carbocycles. The molecule has 0 radical (unpaired) electrons. The number of hydrogen-bond donors (Lipinski definition) is 1. The average Bonchev–Trinajstić information content (AvgIpc) is 2.85. The molecule has 3 rings (SSSR count). The van der Waals surface area contributed by atoms with Gasteiger partial charge in [-0.25, -0.2) is 0 Å². The Hall–Kier alpha value is -0.200. The Morgan fingerprint density at radius 2 is 2.17 bits per heavy atom. The quantitative estimate of drug-likeness (QED) is 0.921. The molecule has 2 unspecified atom stereocenters. The van der Waals surface area contributed by atoms with Gasteiger partial charge in [-0.2, -0.15) is 16.7 Å². The molecule has 1 aromatic heterocycles. The molecule has 0 bridgehead atoms. The van der Waals surface area contributed by atoms with Crippen LogP contribution in [0, 0.1) is 0 Å². The number of rotatable bonds is 3. The minimum Gasteiger partial charge on any atom is -0.337 e. The van der Waals surface area contributed by atoms with Crippen LogP contribution < -0.4 is 5.73 Å². The summed E-state index contributed by atoms with van der Waals surface area (Å²) < 4.78 is 5.41. The van der Waals surface area contributed by atoms with Gasteiger partial charge in [-0.3, -0.25) is 0 Å².